The molecular weight excluding hydrogens is 180 g/mol. The van der Waals surface area contributed by atoms with Gasteiger partial charge in [0.15, 0.2) is 0 Å². The van der Waals surface area contributed by atoms with E-state index in [1.807, 2.05) is 0 Å². The maximum atomic E-state index is 10.7. The van der Waals surface area contributed by atoms with E-state index in [-0.39, 0.29) is 6.42 Å². The van der Waals surface area contributed by atoms with Crippen LogP contribution in [0.3, 0.4) is 0 Å². The number of carbonyl (C=O) groups excluding carboxylic acids is 1. The molecule has 0 aromatic heterocycles. The van der Waals surface area contributed by atoms with Gasteiger partial charge in [-0.2, -0.15) is 0 Å². The minimum Gasteiger partial charge on any atom is -0.389 e. The van der Waals surface area contributed by atoms with Crippen molar-refractivity contribution in [2.45, 2.75) is 44.8 Å². The van der Waals surface area contributed by atoms with E-state index in [0.717, 1.165) is 13.1 Å². The van der Waals surface area contributed by atoms with E-state index in [0.29, 0.717) is 18.9 Å². The second-order valence-corrected chi connectivity index (χ2v) is 4.50. The average Bonchev–Trinajstić information content (AvgIpc) is 2.02. The zero-order valence-electron chi connectivity index (χ0n) is 8.99. The van der Waals surface area contributed by atoms with Gasteiger partial charge >= 0.3 is 0 Å². The van der Waals surface area contributed by atoms with E-state index in [1.54, 1.807) is 0 Å². The predicted molar refractivity (Wildman–Crippen MR) is 54.7 cm³/mol. The molecule has 1 rings (SSSR count). The van der Waals surface area contributed by atoms with Crippen molar-refractivity contribution in [1.29, 1.82) is 0 Å². The lowest BCUT2D eigenvalue weighted by Gasteiger charge is -2.39. The van der Waals surface area contributed by atoms with Crippen molar-refractivity contribution in [1.82, 2.24) is 4.90 Å². The third-order valence-corrected chi connectivity index (χ3v) is 2.96. The molecule has 0 aromatic rings. The van der Waals surface area contributed by atoms with Crippen LogP contribution in [0.1, 0.15) is 33.1 Å². The molecule has 1 saturated heterocycles. The smallest absolute Gasteiger partial charge is 0.220 e. The Morgan fingerprint density at radius 1 is 1.50 bits per heavy atom. The molecule has 3 N–H and O–H groups in total. The number of rotatable bonds is 3. The van der Waals surface area contributed by atoms with Gasteiger partial charge in [-0.3, -0.25) is 4.79 Å². The van der Waals surface area contributed by atoms with Gasteiger partial charge in [0.25, 0.3) is 0 Å². The largest absolute Gasteiger partial charge is 0.389 e. The van der Waals surface area contributed by atoms with Crippen molar-refractivity contribution in [3.05, 3.63) is 0 Å². The summed E-state index contributed by atoms with van der Waals surface area (Å²) in [5.41, 5.74) is 4.24. The second-order valence-electron chi connectivity index (χ2n) is 4.50. The summed E-state index contributed by atoms with van der Waals surface area (Å²) in [6.45, 7) is 5.97. The van der Waals surface area contributed by atoms with Crippen LogP contribution in [0.15, 0.2) is 0 Å². The Bertz CT molecular complexity index is 208. The lowest BCUT2D eigenvalue weighted by Crippen LogP contribution is -2.48. The summed E-state index contributed by atoms with van der Waals surface area (Å²) in [4.78, 5) is 13.0. The maximum Gasteiger partial charge on any atom is 0.220 e. The number of amides is 1. The Hall–Kier alpha value is -0.610. The van der Waals surface area contributed by atoms with Crippen molar-refractivity contribution in [3.63, 3.8) is 0 Å². The van der Waals surface area contributed by atoms with Crippen molar-refractivity contribution in [3.8, 4) is 0 Å². The number of hydrogen-bond acceptors (Lipinski definition) is 3. The molecule has 1 heterocycles. The van der Waals surface area contributed by atoms with Crippen LogP contribution in [0.4, 0.5) is 0 Å². The molecule has 0 unspecified atom stereocenters. The molecule has 1 fully saturated rings. The summed E-state index contributed by atoms with van der Waals surface area (Å²) in [6, 6.07) is 0.508. The minimum absolute atomic E-state index is 0.0962. The quantitative estimate of drug-likeness (QED) is 0.679. The molecule has 0 bridgehead atoms. The lowest BCUT2D eigenvalue weighted by molar-refractivity contribution is -0.125. The molecule has 4 heteroatoms. The van der Waals surface area contributed by atoms with Crippen LogP contribution in [0, 0.1) is 0 Å². The molecule has 1 aliphatic rings. The Morgan fingerprint density at radius 2 is 2.00 bits per heavy atom. The predicted octanol–water partition coefficient (Wildman–Crippen LogP) is 0.0971. The first-order chi connectivity index (χ1) is 6.43. The first-order valence-corrected chi connectivity index (χ1v) is 5.18. The number of aliphatic hydroxyl groups is 1. The normalized spacial score (nSPS) is 22.6. The number of likely N-dealkylation sites (tertiary alicyclic amines) is 1. The summed E-state index contributed by atoms with van der Waals surface area (Å²) < 4.78 is 0. The van der Waals surface area contributed by atoms with E-state index in [1.165, 1.54) is 0 Å². The van der Waals surface area contributed by atoms with Crippen molar-refractivity contribution in [2.24, 2.45) is 5.73 Å². The van der Waals surface area contributed by atoms with E-state index in [4.69, 9.17) is 5.73 Å². The fourth-order valence-electron chi connectivity index (χ4n) is 1.96. The Morgan fingerprint density at radius 3 is 2.36 bits per heavy atom. The second kappa shape index (κ2) is 4.28. The van der Waals surface area contributed by atoms with Crippen LogP contribution >= 0.6 is 0 Å². The number of hydrogen-bond donors (Lipinski definition) is 2. The van der Waals surface area contributed by atoms with E-state index >= 15 is 0 Å². The zero-order valence-corrected chi connectivity index (χ0v) is 8.99. The standard InChI is InChI=1S/C10H20N2O2/c1-8(2)12-5-3-10(14,4-6-12)7-9(11)13/h8,14H,3-7H2,1-2H3,(H2,11,13). The SMILES string of the molecule is CC(C)N1CCC(O)(CC(N)=O)CC1. The first kappa shape index (κ1) is 11.5. The van der Waals surface area contributed by atoms with Crippen LogP contribution < -0.4 is 5.73 Å². The van der Waals surface area contributed by atoms with Gasteiger partial charge in [-0.15, -0.1) is 0 Å². The monoisotopic (exact) mass is 200 g/mol. The van der Waals surface area contributed by atoms with E-state index in [2.05, 4.69) is 18.7 Å². The highest BCUT2D eigenvalue weighted by Gasteiger charge is 2.34. The molecule has 14 heavy (non-hydrogen) atoms. The molecule has 4 nitrogen and oxygen atoms in total. The molecule has 82 valence electrons. The highest BCUT2D eigenvalue weighted by atomic mass is 16.3. The highest BCUT2D eigenvalue weighted by molar-refractivity contribution is 5.74. The Kier molecular flexibility index (Phi) is 3.50. The first-order valence-electron chi connectivity index (χ1n) is 5.18. The summed E-state index contributed by atoms with van der Waals surface area (Å²) in [5, 5.41) is 10.0. The average molecular weight is 200 g/mol. The van der Waals surface area contributed by atoms with Crippen LogP contribution in [0.25, 0.3) is 0 Å². The van der Waals surface area contributed by atoms with Gasteiger partial charge < -0.3 is 15.7 Å². The summed E-state index contributed by atoms with van der Waals surface area (Å²) in [6.07, 6.45) is 1.39. The van der Waals surface area contributed by atoms with Gasteiger partial charge in [-0.1, -0.05) is 0 Å². The molecule has 0 spiro atoms. The van der Waals surface area contributed by atoms with Crippen molar-refractivity contribution < 1.29 is 9.90 Å². The maximum absolute atomic E-state index is 10.7. The highest BCUT2D eigenvalue weighted by Crippen LogP contribution is 2.26. The van der Waals surface area contributed by atoms with Gasteiger partial charge in [0.05, 0.1) is 12.0 Å². The third-order valence-electron chi connectivity index (χ3n) is 2.96. The van der Waals surface area contributed by atoms with Gasteiger partial charge in [-0.05, 0) is 26.7 Å². The molecular formula is C10H20N2O2. The Labute approximate surface area is 85.1 Å². The third kappa shape index (κ3) is 2.96. The van der Waals surface area contributed by atoms with Crippen LogP contribution in [0.2, 0.25) is 0 Å². The number of nitrogens with two attached hydrogens (primary N) is 1. The lowest BCUT2D eigenvalue weighted by atomic mass is 9.87. The fourth-order valence-corrected chi connectivity index (χ4v) is 1.96. The fraction of sp³-hybridized carbons (Fsp3) is 0.900. The van der Waals surface area contributed by atoms with Crippen LogP contribution in [0.5, 0.6) is 0 Å². The zero-order chi connectivity index (χ0) is 10.8. The minimum atomic E-state index is -0.850. The summed E-state index contributed by atoms with van der Waals surface area (Å²) in [5.74, 6) is -0.412. The van der Waals surface area contributed by atoms with Crippen LogP contribution in [-0.2, 0) is 4.79 Å². The summed E-state index contributed by atoms with van der Waals surface area (Å²) >= 11 is 0. The van der Waals surface area contributed by atoms with Crippen molar-refractivity contribution >= 4 is 5.91 Å². The molecule has 0 saturated carbocycles. The number of piperidine rings is 1. The van der Waals surface area contributed by atoms with Gasteiger partial charge in [0.1, 0.15) is 0 Å². The summed E-state index contributed by atoms with van der Waals surface area (Å²) in [7, 11) is 0. The molecule has 0 aliphatic carbocycles. The molecule has 0 atom stereocenters. The molecule has 0 radical (unpaired) electrons. The van der Waals surface area contributed by atoms with E-state index in [9.17, 15) is 9.90 Å². The molecule has 1 amide bonds. The number of nitrogens with zero attached hydrogens (tertiary/aromatic N) is 1. The van der Waals surface area contributed by atoms with Gasteiger partial charge in [-0.25, -0.2) is 0 Å². The molecule has 0 aromatic carbocycles. The van der Waals surface area contributed by atoms with E-state index < -0.39 is 11.5 Å². The van der Waals surface area contributed by atoms with Gasteiger partial charge in [0.2, 0.25) is 5.91 Å². The number of primary amides is 1. The Balaban J connectivity index is 2.44. The van der Waals surface area contributed by atoms with Crippen LogP contribution in [-0.4, -0.2) is 40.6 Å². The van der Waals surface area contributed by atoms with Gasteiger partial charge in [0, 0.05) is 19.1 Å². The topological polar surface area (TPSA) is 66.6 Å². The molecule has 1 aliphatic heterocycles. The van der Waals surface area contributed by atoms with Crippen molar-refractivity contribution in [2.75, 3.05) is 13.1 Å². The number of carbonyl (C=O) groups is 1.